The van der Waals surface area contributed by atoms with Crippen molar-refractivity contribution in [3.05, 3.63) is 0 Å². The number of hydrogen-bond acceptors (Lipinski definition) is 2. The quantitative estimate of drug-likeness (QED) is 0.640. The first kappa shape index (κ1) is 7.77. The van der Waals surface area contributed by atoms with Crippen LogP contribution in [-0.4, -0.2) is 16.9 Å². The molecule has 0 amide bonds. The molecule has 1 N–H and O–H groups in total. The number of Topliss-reactive ketones (excluding diaryl/α,β-unsaturated/α-hetero) is 1. The maximum absolute atomic E-state index is 11.3. The summed E-state index contributed by atoms with van der Waals surface area (Å²) in [6.45, 7) is 0. The van der Waals surface area contributed by atoms with Crippen LogP contribution in [0.1, 0.15) is 32.1 Å². The van der Waals surface area contributed by atoms with Gasteiger partial charge in [-0.25, -0.2) is 0 Å². The van der Waals surface area contributed by atoms with E-state index in [0.717, 1.165) is 12.8 Å². The normalized spacial score (nSPS) is 40.0. The van der Waals surface area contributed by atoms with Gasteiger partial charge in [0.15, 0.2) is 0 Å². The molecule has 0 aromatic rings. The van der Waals surface area contributed by atoms with E-state index in [-0.39, 0.29) is 11.7 Å². The Kier molecular flexibility index (Phi) is 1.50. The number of hydrogen-bond donors (Lipinski definition) is 1. The molecule has 0 spiro atoms. The van der Waals surface area contributed by atoms with E-state index in [2.05, 4.69) is 0 Å². The summed E-state index contributed by atoms with van der Waals surface area (Å²) >= 11 is 0. The van der Waals surface area contributed by atoms with Gasteiger partial charge in [-0.1, -0.05) is 0 Å². The van der Waals surface area contributed by atoms with E-state index in [4.69, 9.17) is 5.11 Å². The van der Waals surface area contributed by atoms with Crippen molar-refractivity contribution < 1.29 is 14.7 Å². The first-order valence-electron chi connectivity index (χ1n) is 4.43. The number of carboxylic acid groups (broad SMARTS) is 1. The highest BCUT2D eigenvalue weighted by Crippen LogP contribution is 2.54. The van der Waals surface area contributed by atoms with E-state index in [0.29, 0.717) is 19.3 Å². The molecule has 2 fully saturated rings. The number of rotatable bonds is 1. The Morgan fingerprint density at radius 2 is 2.25 bits per heavy atom. The minimum Gasteiger partial charge on any atom is -0.481 e. The summed E-state index contributed by atoms with van der Waals surface area (Å²) in [5, 5.41) is 8.98. The van der Waals surface area contributed by atoms with Crippen LogP contribution in [0.15, 0.2) is 0 Å². The molecule has 0 radical (unpaired) electrons. The molecule has 0 heterocycles. The second-order valence-electron chi connectivity index (χ2n) is 3.87. The lowest BCUT2D eigenvalue weighted by Crippen LogP contribution is -2.52. The molecule has 2 atom stereocenters. The third-order valence-electron chi connectivity index (χ3n) is 3.41. The van der Waals surface area contributed by atoms with Crippen molar-refractivity contribution in [1.29, 1.82) is 0 Å². The Morgan fingerprint density at radius 3 is 2.67 bits per heavy atom. The SMILES string of the molecule is O=C1CCC[C@]2(C(=O)O)CC[C@H]12. The molecule has 0 bridgehead atoms. The van der Waals surface area contributed by atoms with Crippen LogP contribution in [0, 0.1) is 11.3 Å². The monoisotopic (exact) mass is 168 g/mol. The maximum Gasteiger partial charge on any atom is 0.310 e. The van der Waals surface area contributed by atoms with E-state index >= 15 is 0 Å². The Labute approximate surface area is 70.8 Å². The van der Waals surface area contributed by atoms with Crippen molar-refractivity contribution in [2.45, 2.75) is 32.1 Å². The zero-order chi connectivity index (χ0) is 8.77. The van der Waals surface area contributed by atoms with Gasteiger partial charge in [-0.15, -0.1) is 0 Å². The topological polar surface area (TPSA) is 54.4 Å². The second-order valence-corrected chi connectivity index (χ2v) is 3.87. The van der Waals surface area contributed by atoms with Crippen LogP contribution in [-0.2, 0) is 9.59 Å². The fraction of sp³-hybridized carbons (Fsp3) is 0.778. The number of fused-ring (bicyclic) bond motifs is 1. The standard InChI is InChI=1S/C9H12O3/c10-7-2-1-4-9(8(11)12)5-3-6(7)9/h6H,1-5H2,(H,11,12)/t6-,9+/m1/s1. The van der Waals surface area contributed by atoms with Gasteiger partial charge >= 0.3 is 5.97 Å². The molecule has 12 heavy (non-hydrogen) atoms. The average Bonchev–Trinajstić information content (AvgIpc) is 1.92. The molecule has 0 saturated heterocycles. The fourth-order valence-electron chi connectivity index (χ4n) is 2.52. The summed E-state index contributed by atoms with van der Waals surface area (Å²) in [6, 6.07) is 0. The predicted molar refractivity (Wildman–Crippen MR) is 41.7 cm³/mol. The molecule has 3 nitrogen and oxygen atoms in total. The van der Waals surface area contributed by atoms with Crippen LogP contribution in [0.4, 0.5) is 0 Å². The minimum atomic E-state index is -0.758. The summed E-state index contributed by atoms with van der Waals surface area (Å²) in [4.78, 5) is 22.2. The third kappa shape index (κ3) is 0.765. The Balaban J connectivity index is 2.25. The van der Waals surface area contributed by atoms with Crippen LogP contribution in [0.3, 0.4) is 0 Å². The smallest absolute Gasteiger partial charge is 0.310 e. The van der Waals surface area contributed by atoms with Gasteiger partial charge in [0.25, 0.3) is 0 Å². The first-order valence-corrected chi connectivity index (χ1v) is 4.43. The van der Waals surface area contributed by atoms with Crippen molar-refractivity contribution in [3.63, 3.8) is 0 Å². The Bertz CT molecular complexity index is 244. The summed E-state index contributed by atoms with van der Waals surface area (Å²) in [5.41, 5.74) is -0.644. The zero-order valence-electron chi connectivity index (χ0n) is 6.88. The van der Waals surface area contributed by atoms with Crippen molar-refractivity contribution in [1.82, 2.24) is 0 Å². The molecule has 2 saturated carbocycles. The predicted octanol–water partition coefficient (Wildman–Crippen LogP) is 1.22. The van der Waals surface area contributed by atoms with Crippen LogP contribution in [0.5, 0.6) is 0 Å². The lowest BCUT2D eigenvalue weighted by molar-refractivity contribution is -0.170. The fourth-order valence-corrected chi connectivity index (χ4v) is 2.52. The largest absolute Gasteiger partial charge is 0.481 e. The van der Waals surface area contributed by atoms with Crippen LogP contribution in [0.2, 0.25) is 0 Å². The first-order chi connectivity index (χ1) is 5.67. The van der Waals surface area contributed by atoms with Crippen LogP contribution < -0.4 is 0 Å². The third-order valence-corrected chi connectivity index (χ3v) is 3.41. The van der Waals surface area contributed by atoms with Gasteiger partial charge in [-0.3, -0.25) is 9.59 Å². The lowest BCUT2D eigenvalue weighted by atomic mass is 9.53. The molecule has 2 aliphatic rings. The van der Waals surface area contributed by atoms with Gasteiger partial charge < -0.3 is 5.11 Å². The van der Waals surface area contributed by atoms with Crippen molar-refractivity contribution in [3.8, 4) is 0 Å². The van der Waals surface area contributed by atoms with E-state index < -0.39 is 11.4 Å². The molecular weight excluding hydrogens is 156 g/mol. The Hall–Kier alpha value is -0.860. The summed E-state index contributed by atoms with van der Waals surface area (Å²) in [6.07, 6.45) is 3.57. The van der Waals surface area contributed by atoms with E-state index in [9.17, 15) is 9.59 Å². The van der Waals surface area contributed by atoms with E-state index in [1.807, 2.05) is 0 Å². The Morgan fingerprint density at radius 1 is 1.50 bits per heavy atom. The van der Waals surface area contributed by atoms with Crippen LogP contribution >= 0.6 is 0 Å². The van der Waals surface area contributed by atoms with Crippen molar-refractivity contribution >= 4 is 11.8 Å². The summed E-state index contributed by atoms with van der Waals surface area (Å²) in [7, 11) is 0. The van der Waals surface area contributed by atoms with Gasteiger partial charge in [-0.05, 0) is 25.7 Å². The molecule has 66 valence electrons. The average molecular weight is 168 g/mol. The van der Waals surface area contributed by atoms with E-state index in [1.165, 1.54) is 0 Å². The lowest BCUT2D eigenvalue weighted by Gasteiger charge is -2.48. The number of carboxylic acids is 1. The minimum absolute atomic E-state index is 0.149. The van der Waals surface area contributed by atoms with Crippen molar-refractivity contribution in [2.75, 3.05) is 0 Å². The number of ketones is 1. The van der Waals surface area contributed by atoms with Crippen molar-refractivity contribution in [2.24, 2.45) is 11.3 Å². The summed E-state index contributed by atoms with van der Waals surface area (Å²) in [5.74, 6) is -0.731. The van der Waals surface area contributed by atoms with Gasteiger partial charge in [0.2, 0.25) is 0 Å². The second kappa shape index (κ2) is 2.31. The highest BCUT2D eigenvalue weighted by atomic mass is 16.4. The molecule has 0 unspecified atom stereocenters. The molecule has 3 heteroatoms. The van der Waals surface area contributed by atoms with Gasteiger partial charge in [0, 0.05) is 12.3 Å². The molecule has 0 aliphatic heterocycles. The highest BCUT2D eigenvalue weighted by molar-refractivity contribution is 5.91. The molecule has 2 rings (SSSR count). The molecule has 0 aromatic carbocycles. The molecular formula is C9H12O3. The zero-order valence-corrected chi connectivity index (χ0v) is 6.88. The number of carbonyl (C=O) groups excluding carboxylic acids is 1. The van der Waals surface area contributed by atoms with Gasteiger partial charge in [0.05, 0.1) is 5.41 Å². The maximum atomic E-state index is 11.3. The highest BCUT2D eigenvalue weighted by Gasteiger charge is 2.57. The van der Waals surface area contributed by atoms with Gasteiger partial charge in [-0.2, -0.15) is 0 Å². The van der Waals surface area contributed by atoms with Crippen LogP contribution in [0.25, 0.3) is 0 Å². The molecule has 2 aliphatic carbocycles. The number of aliphatic carboxylic acids is 1. The number of carbonyl (C=O) groups is 2. The summed E-state index contributed by atoms with van der Waals surface area (Å²) < 4.78 is 0. The molecule has 0 aromatic heterocycles. The van der Waals surface area contributed by atoms with Gasteiger partial charge in [0.1, 0.15) is 5.78 Å². The van der Waals surface area contributed by atoms with E-state index in [1.54, 1.807) is 0 Å².